The number of likely N-dealkylation sites (tertiary alicyclic amines) is 2. The van der Waals surface area contributed by atoms with Crippen LogP contribution >= 0.6 is 0 Å². The van der Waals surface area contributed by atoms with Gasteiger partial charge in [0.05, 0.1) is 13.1 Å². The van der Waals surface area contributed by atoms with E-state index in [4.69, 9.17) is 9.84 Å². The lowest BCUT2D eigenvalue weighted by molar-refractivity contribution is -0.160. The van der Waals surface area contributed by atoms with E-state index in [1.807, 2.05) is 11.8 Å². The molecule has 0 radical (unpaired) electrons. The van der Waals surface area contributed by atoms with Crippen molar-refractivity contribution >= 4 is 12.0 Å². The zero-order valence-corrected chi connectivity index (χ0v) is 12.1. The third kappa shape index (κ3) is 3.85. The number of urea groups is 1. The van der Waals surface area contributed by atoms with Gasteiger partial charge in [0.1, 0.15) is 12.2 Å². The van der Waals surface area contributed by atoms with Gasteiger partial charge in [0, 0.05) is 13.1 Å². The Morgan fingerprint density at radius 1 is 1.05 bits per heavy atom. The lowest BCUT2D eigenvalue weighted by Gasteiger charge is -2.48. The fourth-order valence-corrected chi connectivity index (χ4v) is 2.86. The van der Waals surface area contributed by atoms with Crippen LogP contribution < -0.4 is 0 Å². The van der Waals surface area contributed by atoms with Gasteiger partial charge in [-0.05, 0) is 19.8 Å². The Balaban J connectivity index is 1.78. The molecule has 2 aliphatic heterocycles. The molecule has 2 rings (SSSR count). The SMILES string of the molecule is CC1(OCC(=O)O)CN(C(=O)N2CCCCCCC2)C1. The Hall–Kier alpha value is -1.30. The van der Waals surface area contributed by atoms with Gasteiger partial charge >= 0.3 is 12.0 Å². The number of carbonyl (C=O) groups is 2. The summed E-state index contributed by atoms with van der Waals surface area (Å²) in [5.41, 5.74) is -0.503. The molecule has 0 bridgehead atoms. The van der Waals surface area contributed by atoms with Crippen molar-refractivity contribution in [3.05, 3.63) is 0 Å². The summed E-state index contributed by atoms with van der Waals surface area (Å²) < 4.78 is 5.33. The number of aliphatic carboxylic acids is 1. The third-order valence-corrected chi connectivity index (χ3v) is 3.99. The molecule has 6 heteroatoms. The van der Waals surface area contributed by atoms with Crippen LogP contribution in [-0.4, -0.2) is 65.3 Å². The molecule has 0 aromatic rings. The molecule has 0 aliphatic carbocycles. The summed E-state index contributed by atoms with van der Waals surface area (Å²) in [6.07, 6.45) is 5.82. The molecular weight excluding hydrogens is 260 g/mol. The normalized spacial score (nSPS) is 22.6. The van der Waals surface area contributed by atoms with Gasteiger partial charge in [0.2, 0.25) is 0 Å². The van der Waals surface area contributed by atoms with Crippen LogP contribution in [0.15, 0.2) is 0 Å². The van der Waals surface area contributed by atoms with E-state index in [2.05, 4.69) is 0 Å². The van der Waals surface area contributed by atoms with Crippen molar-refractivity contribution in [1.82, 2.24) is 9.80 Å². The van der Waals surface area contributed by atoms with E-state index in [1.54, 1.807) is 4.90 Å². The van der Waals surface area contributed by atoms with Gasteiger partial charge < -0.3 is 19.6 Å². The van der Waals surface area contributed by atoms with E-state index in [-0.39, 0.29) is 12.6 Å². The quantitative estimate of drug-likeness (QED) is 0.853. The van der Waals surface area contributed by atoms with Crippen LogP contribution in [0.25, 0.3) is 0 Å². The van der Waals surface area contributed by atoms with Crippen molar-refractivity contribution in [3.8, 4) is 0 Å². The van der Waals surface area contributed by atoms with Gasteiger partial charge in [0.15, 0.2) is 0 Å². The summed E-state index contributed by atoms with van der Waals surface area (Å²) in [7, 11) is 0. The molecule has 0 atom stereocenters. The largest absolute Gasteiger partial charge is 0.480 e. The van der Waals surface area contributed by atoms with E-state index < -0.39 is 11.6 Å². The molecule has 2 fully saturated rings. The highest BCUT2D eigenvalue weighted by atomic mass is 16.5. The Kier molecular flexibility index (Phi) is 4.86. The minimum Gasteiger partial charge on any atom is -0.480 e. The molecule has 6 nitrogen and oxygen atoms in total. The molecule has 0 spiro atoms. The average molecular weight is 284 g/mol. The van der Waals surface area contributed by atoms with Crippen LogP contribution in [0.2, 0.25) is 0 Å². The summed E-state index contributed by atoms with van der Waals surface area (Å²) in [5.74, 6) is -0.972. The van der Waals surface area contributed by atoms with Gasteiger partial charge in [0.25, 0.3) is 0 Å². The predicted octanol–water partition coefficient (Wildman–Crippen LogP) is 1.55. The van der Waals surface area contributed by atoms with Gasteiger partial charge in [-0.15, -0.1) is 0 Å². The molecule has 2 aliphatic rings. The van der Waals surface area contributed by atoms with Gasteiger partial charge in [-0.25, -0.2) is 9.59 Å². The Morgan fingerprint density at radius 3 is 2.15 bits per heavy atom. The van der Waals surface area contributed by atoms with Crippen LogP contribution in [0.1, 0.15) is 39.0 Å². The first-order chi connectivity index (χ1) is 9.50. The summed E-state index contributed by atoms with van der Waals surface area (Å²) in [6.45, 7) is 4.19. The molecule has 20 heavy (non-hydrogen) atoms. The maximum Gasteiger partial charge on any atom is 0.329 e. The monoisotopic (exact) mass is 284 g/mol. The fourth-order valence-electron chi connectivity index (χ4n) is 2.86. The van der Waals surface area contributed by atoms with Gasteiger partial charge in [-0.2, -0.15) is 0 Å². The molecule has 2 heterocycles. The highest BCUT2D eigenvalue weighted by molar-refractivity contribution is 5.75. The Labute approximate surface area is 119 Å². The lowest BCUT2D eigenvalue weighted by Crippen LogP contribution is -2.65. The van der Waals surface area contributed by atoms with E-state index in [1.165, 1.54) is 19.3 Å². The maximum absolute atomic E-state index is 12.4. The van der Waals surface area contributed by atoms with Gasteiger partial charge in [-0.1, -0.05) is 19.3 Å². The number of nitrogens with zero attached hydrogens (tertiary/aromatic N) is 2. The summed E-state index contributed by atoms with van der Waals surface area (Å²) in [4.78, 5) is 26.5. The predicted molar refractivity (Wildman–Crippen MR) is 73.6 cm³/mol. The zero-order chi connectivity index (χ0) is 14.6. The molecule has 2 amide bonds. The second kappa shape index (κ2) is 6.43. The molecular formula is C14H24N2O4. The first-order valence-corrected chi connectivity index (χ1v) is 7.40. The molecule has 0 saturated carbocycles. The molecule has 2 saturated heterocycles. The zero-order valence-electron chi connectivity index (χ0n) is 12.1. The van der Waals surface area contributed by atoms with E-state index >= 15 is 0 Å². The maximum atomic E-state index is 12.4. The lowest BCUT2D eigenvalue weighted by atomic mass is 9.97. The second-order valence-corrected chi connectivity index (χ2v) is 6.03. The molecule has 0 aromatic carbocycles. The van der Waals surface area contributed by atoms with Crippen LogP contribution in [0.5, 0.6) is 0 Å². The average Bonchev–Trinajstić information content (AvgIpc) is 2.32. The number of carbonyl (C=O) groups excluding carboxylic acids is 1. The smallest absolute Gasteiger partial charge is 0.329 e. The minimum absolute atomic E-state index is 0.0725. The van der Waals surface area contributed by atoms with Crippen molar-refractivity contribution in [1.29, 1.82) is 0 Å². The Morgan fingerprint density at radius 2 is 1.60 bits per heavy atom. The molecule has 0 aromatic heterocycles. The van der Waals surface area contributed by atoms with Crippen LogP contribution in [-0.2, 0) is 9.53 Å². The summed E-state index contributed by atoms with van der Waals surface area (Å²) in [5, 5.41) is 8.62. The standard InChI is InChI=1S/C14H24N2O4/c1-14(20-9-12(17)18)10-16(11-14)13(19)15-7-5-3-2-4-6-8-15/h2-11H2,1H3,(H,17,18). The number of carboxylic acid groups (broad SMARTS) is 1. The number of hydrogen-bond donors (Lipinski definition) is 1. The van der Waals surface area contributed by atoms with Crippen molar-refractivity contribution in [2.45, 2.75) is 44.6 Å². The first-order valence-electron chi connectivity index (χ1n) is 7.40. The minimum atomic E-state index is -0.972. The number of rotatable bonds is 3. The van der Waals surface area contributed by atoms with E-state index in [9.17, 15) is 9.59 Å². The van der Waals surface area contributed by atoms with Crippen LogP contribution in [0.4, 0.5) is 4.79 Å². The summed E-state index contributed by atoms with van der Waals surface area (Å²) in [6, 6.07) is 0.0725. The summed E-state index contributed by atoms with van der Waals surface area (Å²) >= 11 is 0. The molecule has 0 unspecified atom stereocenters. The Bertz CT molecular complexity index is 358. The van der Waals surface area contributed by atoms with Crippen LogP contribution in [0, 0.1) is 0 Å². The number of amides is 2. The molecule has 1 N–H and O–H groups in total. The van der Waals surface area contributed by atoms with E-state index in [0.717, 1.165) is 25.9 Å². The van der Waals surface area contributed by atoms with Crippen molar-refractivity contribution in [3.63, 3.8) is 0 Å². The third-order valence-electron chi connectivity index (χ3n) is 3.99. The number of hydrogen-bond acceptors (Lipinski definition) is 3. The van der Waals surface area contributed by atoms with Crippen molar-refractivity contribution in [2.75, 3.05) is 32.8 Å². The van der Waals surface area contributed by atoms with Gasteiger partial charge in [-0.3, -0.25) is 0 Å². The molecule has 114 valence electrons. The van der Waals surface area contributed by atoms with Crippen molar-refractivity contribution < 1.29 is 19.4 Å². The first kappa shape index (κ1) is 15.1. The second-order valence-electron chi connectivity index (χ2n) is 6.03. The van der Waals surface area contributed by atoms with Crippen molar-refractivity contribution in [2.24, 2.45) is 0 Å². The highest BCUT2D eigenvalue weighted by Gasteiger charge is 2.43. The number of carboxylic acids is 1. The van der Waals surface area contributed by atoms with E-state index in [0.29, 0.717) is 13.1 Å². The van der Waals surface area contributed by atoms with Crippen LogP contribution in [0.3, 0.4) is 0 Å². The number of ether oxygens (including phenoxy) is 1. The fraction of sp³-hybridized carbons (Fsp3) is 0.857. The highest BCUT2D eigenvalue weighted by Crippen LogP contribution is 2.26. The topological polar surface area (TPSA) is 70.1 Å².